The number of alkyl halides is 2. The highest BCUT2D eigenvalue weighted by Crippen LogP contribution is 2.30. The summed E-state index contributed by atoms with van der Waals surface area (Å²) in [6.07, 6.45) is -2.46. The Hall–Kier alpha value is -2.62. The van der Waals surface area contributed by atoms with Gasteiger partial charge in [0.2, 0.25) is 0 Å². The molecule has 0 unspecified atom stereocenters. The zero-order valence-electron chi connectivity index (χ0n) is 14.0. The molecule has 24 heavy (non-hydrogen) atoms. The molecule has 0 N–H and O–H groups in total. The summed E-state index contributed by atoms with van der Waals surface area (Å²) >= 11 is 0. The van der Waals surface area contributed by atoms with E-state index in [1.54, 1.807) is 12.1 Å². The number of aromatic nitrogens is 1. The van der Waals surface area contributed by atoms with Gasteiger partial charge in [-0.3, -0.25) is 0 Å². The average molecular weight is 326 g/mol. The summed E-state index contributed by atoms with van der Waals surface area (Å²) in [4.78, 5) is 2.04. The normalized spacial score (nSPS) is 11.1. The van der Waals surface area contributed by atoms with Crippen molar-refractivity contribution in [3.8, 4) is 16.9 Å². The molecule has 0 saturated heterocycles. The van der Waals surface area contributed by atoms with E-state index in [2.05, 4.69) is 4.57 Å². The summed E-state index contributed by atoms with van der Waals surface area (Å²) in [6, 6.07) is 18.7. The number of aryl methyl sites for hydroxylation is 1. The van der Waals surface area contributed by atoms with Crippen molar-refractivity contribution in [1.29, 1.82) is 0 Å². The van der Waals surface area contributed by atoms with Crippen molar-refractivity contribution in [3.05, 3.63) is 71.9 Å². The first-order chi connectivity index (χ1) is 11.5. The maximum atomic E-state index is 13.0. The van der Waals surface area contributed by atoms with E-state index < -0.39 is 6.43 Å². The van der Waals surface area contributed by atoms with Gasteiger partial charge in [0, 0.05) is 36.7 Å². The van der Waals surface area contributed by atoms with Crippen LogP contribution in [-0.4, -0.2) is 18.7 Å². The number of halogens is 2. The molecule has 0 aliphatic carbocycles. The topological polar surface area (TPSA) is 8.17 Å². The largest absolute Gasteiger partial charge is 0.378 e. The first-order valence-electron chi connectivity index (χ1n) is 7.82. The Morgan fingerprint density at radius 1 is 0.917 bits per heavy atom. The van der Waals surface area contributed by atoms with Crippen LogP contribution in [0.3, 0.4) is 0 Å². The van der Waals surface area contributed by atoms with Gasteiger partial charge in [0.25, 0.3) is 6.43 Å². The Labute approximate surface area is 141 Å². The molecule has 0 radical (unpaired) electrons. The molecular weight excluding hydrogens is 306 g/mol. The fourth-order valence-electron chi connectivity index (χ4n) is 2.84. The smallest absolute Gasteiger partial charge is 0.263 e. The number of nitrogens with zero attached hydrogens (tertiary/aromatic N) is 2. The van der Waals surface area contributed by atoms with Gasteiger partial charge in [0.05, 0.1) is 5.69 Å². The lowest BCUT2D eigenvalue weighted by molar-refractivity contribution is 0.151. The molecule has 0 aliphatic rings. The van der Waals surface area contributed by atoms with E-state index >= 15 is 0 Å². The summed E-state index contributed by atoms with van der Waals surface area (Å²) in [6.45, 7) is 2.01. The number of hydrogen-bond donors (Lipinski definition) is 0. The molecule has 0 bridgehead atoms. The van der Waals surface area contributed by atoms with Crippen molar-refractivity contribution < 1.29 is 8.78 Å². The predicted molar refractivity (Wildman–Crippen MR) is 95.2 cm³/mol. The third kappa shape index (κ3) is 3.04. The summed E-state index contributed by atoms with van der Waals surface area (Å²) < 4.78 is 28.1. The Morgan fingerprint density at radius 3 is 2.25 bits per heavy atom. The molecule has 2 aromatic carbocycles. The molecule has 124 valence electrons. The van der Waals surface area contributed by atoms with Gasteiger partial charge in [-0.05, 0) is 55.0 Å². The Morgan fingerprint density at radius 2 is 1.62 bits per heavy atom. The predicted octanol–water partition coefficient (Wildman–Crippen LogP) is 5.46. The highest BCUT2D eigenvalue weighted by atomic mass is 19.3. The van der Waals surface area contributed by atoms with Crippen LogP contribution in [0.1, 0.15) is 17.7 Å². The molecule has 0 fully saturated rings. The molecule has 4 heteroatoms. The maximum Gasteiger partial charge on any atom is 0.263 e. The monoisotopic (exact) mass is 326 g/mol. The van der Waals surface area contributed by atoms with Crippen molar-refractivity contribution in [2.75, 3.05) is 19.0 Å². The Bertz CT molecular complexity index is 833. The van der Waals surface area contributed by atoms with E-state index in [1.165, 1.54) is 6.07 Å². The van der Waals surface area contributed by atoms with Crippen LogP contribution in [0.15, 0.2) is 60.7 Å². The van der Waals surface area contributed by atoms with Crippen LogP contribution in [0.4, 0.5) is 14.5 Å². The van der Waals surface area contributed by atoms with Crippen molar-refractivity contribution >= 4 is 5.69 Å². The van der Waals surface area contributed by atoms with Crippen LogP contribution in [0.25, 0.3) is 16.9 Å². The molecular formula is C20H20F2N2. The standard InChI is InChI=1S/C20H20F2N2/c1-14-7-12-19(15-5-4-6-16(13-15)20(21)22)24(14)18-10-8-17(9-11-18)23(2)3/h4-13,20H,1-3H3. The second kappa shape index (κ2) is 6.48. The minimum atomic E-state index is -2.46. The Balaban J connectivity index is 2.08. The first-order valence-corrected chi connectivity index (χ1v) is 7.82. The second-order valence-electron chi connectivity index (χ2n) is 6.03. The van der Waals surface area contributed by atoms with Crippen LogP contribution in [0.5, 0.6) is 0 Å². The summed E-state index contributed by atoms with van der Waals surface area (Å²) in [5, 5.41) is 0. The van der Waals surface area contributed by atoms with Gasteiger partial charge in [-0.1, -0.05) is 18.2 Å². The lowest BCUT2D eigenvalue weighted by atomic mass is 10.1. The van der Waals surface area contributed by atoms with E-state index in [9.17, 15) is 8.78 Å². The van der Waals surface area contributed by atoms with E-state index in [1.807, 2.05) is 68.4 Å². The van der Waals surface area contributed by atoms with Crippen LogP contribution >= 0.6 is 0 Å². The first kappa shape index (κ1) is 16.2. The highest BCUT2D eigenvalue weighted by Gasteiger charge is 2.13. The van der Waals surface area contributed by atoms with Crippen molar-refractivity contribution in [2.45, 2.75) is 13.3 Å². The van der Waals surface area contributed by atoms with Gasteiger partial charge >= 0.3 is 0 Å². The van der Waals surface area contributed by atoms with Crippen LogP contribution in [0.2, 0.25) is 0 Å². The fraction of sp³-hybridized carbons (Fsp3) is 0.200. The molecule has 0 atom stereocenters. The van der Waals surface area contributed by atoms with E-state index in [4.69, 9.17) is 0 Å². The highest BCUT2D eigenvalue weighted by molar-refractivity contribution is 5.65. The quantitative estimate of drug-likeness (QED) is 0.618. The number of anilines is 1. The number of rotatable bonds is 4. The van der Waals surface area contributed by atoms with Gasteiger partial charge in [0.15, 0.2) is 0 Å². The van der Waals surface area contributed by atoms with Crippen LogP contribution in [-0.2, 0) is 0 Å². The molecule has 0 amide bonds. The molecule has 0 spiro atoms. The van der Waals surface area contributed by atoms with E-state index in [-0.39, 0.29) is 5.56 Å². The van der Waals surface area contributed by atoms with Gasteiger partial charge < -0.3 is 9.47 Å². The van der Waals surface area contributed by atoms with Gasteiger partial charge in [-0.25, -0.2) is 8.78 Å². The summed E-state index contributed by atoms with van der Waals surface area (Å²) in [5.41, 5.74) is 4.93. The molecule has 2 nitrogen and oxygen atoms in total. The van der Waals surface area contributed by atoms with Gasteiger partial charge in [-0.2, -0.15) is 0 Å². The minimum Gasteiger partial charge on any atom is -0.378 e. The fourth-order valence-corrected chi connectivity index (χ4v) is 2.84. The maximum absolute atomic E-state index is 13.0. The number of benzene rings is 2. The van der Waals surface area contributed by atoms with Gasteiger partial charge in [-0.15, -0.1) is 0 Å². The third-order valence-corrected chi connectivity index (χ3v) is 4.13. The second-order valence-corrected chi connectivity index (χ2v) is 6.03. The molecule has 0 saturated carbocycles. The summed E-state index contributed by atoms with van der Waals surface area (Å²) in [7, 11) is 3.99. The van der Waals surface area contributed by atoms with Gasteiger partial charge in [0.1, 0.15) is 0 Å². The average Bonchev–Trinajstić information content (AvgIpc) is 2.96. The molecule has 1 aromatic heterocycles. The van der Waals surface area contributed by atoms with E-state index in [0.717, 1.165) is 28.3 Å². The Kier molecular flexibility index (Phi) is 4.38. The minimum absolute atomic E-state index is 0.0425. The molecule has 1 heterocycles. The third-order valence-electron chi connectivity index (χ3n) is 4.13. The zero-order chi connectivity index (χ0) is 17.3. The SMILES string of the molecule is Cc1ccc(-c2cccc(C(F)F)c2)n1-c1ccc(N(C)C)cc1. The zero-order valence-corrected chi connectivity index (χ0v) is 14.0. The molecule has 3 aromatic rings. The molecule has 3 rings (SSSR count). The summed E-state index contributed by atoms with van der Waals surface area (Å²) in [5.74, 6) is 0. The lowest BCUT2D eigenvalue weighted by Crippen LogP contribution is -2.08. The lowest BCUT2D eigenvalue weighted by Gasteiger charge is -2.16. The van der Waals surface area contributed by atoms with Crippen LogP contribution < -0.4 is 4.90 Å². The van der Waals surface area contributed by atoms with Crippen molar-refractivity contribution in [2.24, 2.45) is 0 Å². The van der Waals surface area contributed by atoms with E-state index in [0.29, 0.717) is 0 Å². The van der Waals surface area contributed by atoms with Crippen molar-refractivity contribution in [1.82, 2.24) is 4.57 Å². The van der Waals surface area contributed by atoms with Crippen LogP contribution in [0, 0.1) is 6.92 Å². The molecule has 0 aliphatic heterocycles. The number of hydrogen-bond acceptors (Lipinski definition) is 1. The van der Waals surface area contributed by atoms with Crippen molar-refractivity contribution in [3.63, 3.8) is 0 Å².